The van der Waals surface area contributed by atoms with Gasteiger partial charge in [0.05, 0.1) is 36.3 Å². The van der Waals surface area contributed by atoms with Crippen molar-refractivity contribution < 1.29 is 94.2 Å². The fourth-order valence-corrected chi connectivity index (χ4v) is 15.4. The van der Waals surface area contributed by atoms with Crippen LogP contribution in [0.5, 0.6) is 0 Å². The average molecular weight is 957 g/mol. The van der Waals surface area contributed by atoms with Crippen LogP contribution in [0.15, 0.2) is 11.6 Å². The average Bonchev–Trinajstić information content (AvgIpc) is 3.28. The van der Waals surface area contributed by atoms with Gasteiger partial charge >= 0.3 is 11.9 Å². The van der Waals surface area contributed by atoms with Crippen molar-refractivity contribution in [3.8, 4) is 0 Å². The summed E-state index contributed by atoms with van der Waals surface area (Å²) in [6.07, 6.45) is -16.3. The monoisotopic (exact) mass is 956 g/mol. The quantitative estimate of drug-likeness (QED) is 0.0829. The van der Waals surface area contributed by atoms with Crippen LogP contribution in [0.25, 0.3) is 0 Å². The zero-order valence-corrected chi connectivity index (χ0v) is 39.7. The number of carboxylic acid groups (broad SMARTS) is 1. The van der Waals surface area contributed by atoms with Gasteiger partial charge in [0.1, 0.15) is 67.1 Å². The van der Waals surface area contributed by atoms with E-state index in [0.717, 1.165) is 5.57 Å². The lowest BCUT2D eigenvalue weighted by Crippen LogP contribution is -2.68. The van der Waals surface area contributed by atoms with Gasteiger partial charge < -0.3 is 84.6 Å². The van der Waals surface area contributed by atoms with Crippen molar-refractivity contribution in [3.05, 3.63) is 11.6 Å². The van der Waals surface area contributed by atoms with Gasteiger partial charge in [-0.05, 0) is 111 Å². The Morgan fingerprint density at radius 2 is 1.24 bits per heavy atom. The Balaban J connectivity index is 1.03. The van der Waals surface area contributed by atoms with Crippen molar-refractivity contribution in [1.29, 1.82) is 0 Å². The maximum atomic E-state index is 14.7. The van der Waals surface area contributed by atoms with Gasteiger partial charge in [0.15, 0.2) is 12.6 Å². The fourth-order valence-electron chi connectivity index (χ4n) is 15.4. The first-order valence-corrected chi connectivity index (χ1v) is 24.5. The summed E-state index contributed by atoms with van der Waals surface area (Å²) in [5, 5.41) is 117. The van der Waals surface area contributed by atoms with Gasteiger partial charge in [-0.2, -0.15) is 0 Å². The number of aliphatic hydroxyl groups is 10. The molecule has 0 amide bonds. The molecule has 25 atom stereocenters. The molecule has 0 bridgehead atoms. The number of carboxylic acids is 1. The zero-order chi connectivity index (χ0) is 49.1. The maximum Gasteiger partial charge on any atom is 0.315 e. The topological polar surface area (TPSA) is 312 Å². The molecule has 0 radical (unpaired) electrons. The number of fused-ring (bicyclic) bond motifs is 7. The van der Waals surface area contributed by atoms with Crippen LogP contribution >= 0.6 is 0 Å². The highest BCUT2D eigenvalue weighted by Gasteiger charge is 2.74. The van der Waals surface area contributed by atoms with E-state index in [-0.39, 0.29) is 41.9 Å². The van der Waals surface area contributed by atoms with E-state index in [0.29, 0.717) is 44.9 Å². The van der Waals surface area contributed by atoms with Gasteiger partial charge in [-0.3, -0.25) is 9.59 Å². The van der Waals surface area contributed by atoms with Crippen molar-refractivity contribution in [1.82, 2.24) is 0 Å². The Morgan fingerprint density at radius 1 is 0.657 bits per heavy atom. The molecule has 67 heavy (non-hydrogen) atoms. The molecule has 0 spiro atoms. The number of hydrogen-bond acceptors (Lipinski definition) is 18. The van der Waals surface area contributed by atoms with Gasteiger partial charge in [-0.1, -0.05) is 53.2 Å². The fraction of sp³-hybridized carbons (Fsp3) is 0.917. The first-order chi connectivity index (χ1) is 31.4. The molecule has 0 unspecified atom stereocenters. The van der Waals surface area contributed by atoms with Gasteiger partial charge in [0.2, 0.25) is 6.29 Å². The second kappa shape index (κ2) is 18.3. The Morgan fingerprint density at radius 3 is 1.85 bits per heavy atom. The number of aliphatic carboxylic acids is 1. The van der Waals surface area contributed by atoms with Crippen LogP contribution in [0.1, 0.15) is 106 Å². The molecular formula is C48H76O19. The summed E-state index contributed by atoms with van der Waals surface area (Å²) in [4.78, 5) is 29.1. The molecular weight excluding hydrogens is 881 g/mol. The normalized spacial score (nSPS) is 54.0. The van der Waals surface area contributed by atoms with Crippen LogP contribution in [0, 0.1) is 56.7 Å². The van der Waals surface area contributed by atoms with Crippen molar-refractivity contribution in [2.45, 2.75) is 204 Å². The molecule has 3 saturated heterocycles. The molecule has 4 saturated carbocycles. The minimum atomic E-state index is -1.78. The van der Waals surface area contributed by atoms with Crippen molar-refractivity contribution in [2.24, 2.45) is 56.7 Å². The Bertz CT molecular complexity index is 1860. The summed E-state index contributed by atoms with van der Waals surface area (Å²) in [5.74, 6) is -2.10. The smallest absolute Gasteiger partial charge is 0.315 e. The highest BCUT2D eigenvalue weighted by atomic mass is 16.7. The maximum absolute atomic E-state index is 14.7. The van der Waals surface area contributed by atoms with E-state index in [9.17, 15) is 65.8 Å². The molecule has 3 heterocycles. The molecule has 7 fully saturated rings. The predicted octanol–water partition coefficient (Wildman–Crippen LogP) is 0.0887. The van der Waals surface area contributed by atoms with Gasteiger partial charge in [-0.15, -0.1) is 0 Å². The predicted molar refractivity (Wildman–Crippen MR) is 231 cm³/mol. The van der Waals surface area contributed by atoms with Crippen LogP contribution in [-0.2, 0) is 38.0 Å². The molecule has 0 aromatic rings. The molecule has 8 rings (SSSR count). The second-order valence-electron chi connectivity index (χ2n) is 22.8. The summed E-state index contributed by atoms with van der Waals surface area (Å²) < 4.78 is 35.6. The van der Waals surface area contributed by atoms with E-state index in [1.807, 2.05) is 0 Å². The molecule has 0 aromatic heterocycles. The third-order valence-corrected chi connectivity index (χ3v) is 19.4. The molecule has 8 aliphatic rings. The molecule has 0 aromatic carbocycles. The third kappa shape index (κ3) is 7.70. The van der Waals surface area contributed by atoms with E-state index < -0.39 is 151 Å². The van der Waals surface area contributed by atoms with Gasteiger partial charge in [0, 0.05) is 0 Å². The van der Waals surface area contributed by atoms with E-state index >= 15 is 0 Å². The second-order valence-corrected chi connectivity index (χ2v) is 22.8. The van der Waals surface area contributed by atoms with Crippen LogP contribution in [0.3, 0.4) is 0 Å². The Labute approximate surface area is 391 Å². The van der Waals surface area contributed by atoms with Crippen molar-refractivity contribution >= 4 is 11.9 Å². The summed E-state index contributed by atoms with van der Waals surface area (Å²) >= 11 is 0. The molecule has 5 aliphatic carbocycles. The van der Waals surface area contributed by atoms with Crippen LogP contribution in [0.2, 0.25) is 0 Å². The molecule has 19 heteroatoms. The summed E-state index contributed by atoms with van der Waals surface area (Å²) in [7, 11) is 0. The third-order valence-electron chi connectivity index (χ3n) is 19.4. The first-order valence-electron chi connectivity index (χ1n) is 24.5. The highest BCUT2D eigenvalue weighted by Crippen LogP contribution is 2.76. The van der Waals surface area contributed by atoms with Crippen LogP contribution in [-0.4, -0.2) is 180 Å². The number of allylic oxidation sites excluding steroid dienone is 1. The number of rotatable bonds is 9. The van der Waals surface area contributed by atoms with Gasteiger partial charge in [-0.25, -0.2) is 0 Å². The van der Waals surface area contributed by atoms with Crippen molar-refractivity contribution in [3.63, 3.8) is 0 Å². The lowest BCUT2D eigenvalue weighted by molar-refractivity contribution is -0.364. The van der Waals surface area contributed by atoms with E-state index in [1.165, 1.54) is 0 Å². The Hall–Kier alpha value is -1.92. The summed E-state index contributed by atoms with van der Waals surface area (Å²) in [6, 6.07) is 0. The largest absolute Gasteiger partial charge is 0.481 e. The number of ether oxygens (including phenoxy) is 6. The standard InChI is InChI=1S/C48H76O19/c1-20-10-15-47(43(61)67-41-36(57)33(54)31(52)25(19-50)64-41)16-17-48(42(59)60)23(29(47)21(20)2)8-9-27-45(6)13-12-28(44(4,5)26(45)11-14-46(27,48)7)65-39-37(58)34(55)38(22(3)62-39)66-40-35(56)32(53)30(51)24(18-49)63-40/h8,20-22,24-41,49-58H,9-19H2,1-7H3,(H,59,60)/t20-,21+,22+,24-,25-,26+,27-,28+,29+,30-,31-,32+,33+,34+,35-,36-,37-,38+,39+,40+,41+,45+,46-,47+,48-/m1/s1. The number of carbonyl (C=O) groups excluding carboxylic acids is 1. The van der Waals surface area contributed by atoms with E-state index in [1.54, 1.807) is 6.92 Å². The number of aliphatic hydroxyl groups excluding tert-OH is 10. The lowest BCUT2D eigenvalue weighted by Gasteiger charge is -2.70. The molecule has 3 aliphatic heterocycles. The SMILES string of the molecule is C[C@H]1[C@H](C)CC[C@]2(C(=O)O[C@@H]3O[C@H](CO)[C@@H](O)[C@H](O)[C@H]3O)CC[C@]3(C(=O)O)C(=CC[C@@H]4[C@@]5(C)CC[C@H](O[C@@H]6O[C@@H](C)[C@H](O[C@@H]7O[C@H](CO)[C@@H](O)[C@H](O)[C@H]7O)[C@@H](O)[C@H]6O)C(C)(C)[C@@H]5CC[C@]43C)[C@H]12. The number of carbonyl (C=O) groups is 2. The minimum absolute atomic E-state index is 0.0350. The Kier molecular flexibility index (Phi) is 14.0. The highest BCUT2D eigenvalue weighted by molar-refractivity contribution is 5.85. The molecule has 382 valence electrons. The van der Waals surface area contributed by atoms with Crippen LogP contribution in [0.4, 0.5) is 0 Å². The van der Waals surface area contributed by atoms with Crippen LogP contribution < -0.4 is 0 Å². The minimum Gasteiger partial charge on any atom is -0.481 e. The van der Waals surface area contributed by atoms with Gasteiger partial charge in [0.25, 0.3) is 0 Å². The summed E-state index contributed by atoms with van der Waals surface area (Å²) in [6.45, 7) is 13.1. The molecule has 19 nitrogen and oxygen atoms in total. The number of hydrogen-bond donors (Lipinski definition) is 11. The van der Waals surface area contributed by atoms with E-state index in [4.69, 9.17) is 28.4 Å². The first kappa shape index (κ1) is 51.4. The molecule has 11 N–H and O–H groups in total. The van der Waals surface area contributed by atoms with Crippen molar-refractivity contribution in [2.75, 3.05) is 13.2 Å². The van der Waals surface area contributed by atoms with E-state index in [2.05, 4.69) is 47.6 Å². The summed E-state index contributed by atoms with van der Waals surface area (Å²) in [5.41, 5.74) is -3.35. The zero-order valence-electron chi connectivity index (χ0n) is 39.7. The number of esters is 1. The lowest BCUT2D eigenvalue weighted by atomic mass is 9.33.